The molecule has 0 radical (unpaired) electrons. The first-order valence-corrected chi connectivity index (χ1v) is 11.2. The van der Waals surface area contributed by atoms with Crippen molar-refractivity contribution in [1.82, 2.24) is 14.3 Å². The van der Waals surface area contributed by atoms with Gasteiger partial charge in [-0.25, -0.2) is 4.98 Å². The van der Waals surface area contributed by atoms with Gasteiger partial charge >= 0.3 is 0 Å². The summed E-state index contributed by atoms with van der Waals surface area (Å²) in [5, 5.41) is 0. The third-order valence-electron chi connectivity index (χ3n) is 5.43. The summed E-state index contributed by atoms with van der Waals surface area (Å²) in [5.41, 5.74) is 0.909. The second kappa shape index (κ2) is 8.28. The smallest absolute Gasteiger partial charge is 0.267 e. The minimum Gasteiger partial charge on any atom is -0.356 e. The number of thioether (sulfide) groups is 1. The molecule has 0 spiro atoms. The maximum atomic E-state index is 13.3. The van der Waals surface area contributed by atoms with E-state index in [0.29, 0.717) is 38.7 Å². The molecule has 0 aliphatic carbocycles. The van der Waals surface area contributed by atoms with Crippen LogP contribution in [-0.4, -0.2) is 44.1 Å². The van der Waals surface area contributed by atoms with E-state index >= 15 is 0 Å². The number of rotatable bonds is 4. The van der Waals surface area contributed by atoms with E-state index < -0.39 is 0 Å². The van der Waals surface area contributed by atoms with Gasteiger partial charge in [-0.1, -0.05) is 43.9 Å². The van der Waals surface area contributed by atoms with Gasteiger partial charge in [-0.05, 0) is 43.4 Å². The first-order chi connectivity index (χ1) is 14.0. The van der Waals surface area contributed by atoms with Crippen molar-refractivity contribution in [2.45, 2.75) is 33.1 Å². The van der Waals surface area contributed by atoms with Crippen molar-refractivity contribution in [3.63, 3.8) is 0 Å². The van der Waals surface area contributed by atoms with Crippen LogP contribution in [0, 0.1) is 5.92 Å². The lowest BCUT2D eigenvalue weighted by Crippen LogP contribution is -2.36. The van der Waals surface area contributed by atoms with E-state index in [0.717, 1.165) is 32.4 Å². The van der Waals surface area contributed by atoms with Crippen LogP contribution in [0.2, 0.25) is 0 Å². The number of pyridine rings is 1. The van der Waals surface area contributed by atoms with Gasteiger partial charge in [0.25, 0.3) is 11.5 Å². The number of anilines is 1. The lowest BCUT2D eigenvalue weighted by molar-refractivity contribution is -0.122. The van der Waals surface area contributed by atoms with Crippen LogP contribution < -0.4 is 10.5 Å². The number of carbonyl (C=O) groups excluding carboxylic acids is 1. The Morgan fingerprint density at radius 2 is 2.03 bits per heavy atom. The number of amides is 1. The Morgan fingerprint density at radius 3 is 2.76 bits per heavy atom. The van der Waals surface area contributed by atoms with E-state index in [2.05, 4.69) is 11.8 Å². The molecule has 2 aromatic rings. The summed E-state index contributed by atoms with van der Waals surface area (Å²) in [6, 6.07) is 5.52. The molecular weight excluding hydrogens is 404 g/mol. The number of aromatic nitrogens is 2. The Bertz CT molecular complexity index is 1050. The summed E-state index contributed by atoms with van der Waals surface area (Å²) in [6.45, 7) is 6.56. The molecule has 6 nitrogen and oxygen atoms in total. The Kier molecular flexibility index (Phi) is 5.74. The monoisotopic (exact) mass is 428 g/mol. The molecule has 2 aliphatic heterocycles. The Hall–Kier alpha value is -2.19. The minimum absolute atomic E-state index is 0.127. The number of piperidine rings is 1. The van der Waals surface area contributed by atoms with E-state index in [1.807, 2.05) is 25.1 Å². The van der Waals surface area contributed by atoms with Crippen LogP contribution in [0.1, 0.15) is 38.7 Å². The summed E-state index contributed by atoms with van der Waals surface area (Å²) in [7, 11) is 0. The zero-order chi connectivity index (χ0) is 20.5. The van der Waals surface area contributed by atoms with Gasteiger partial charge in [0.2, 0.25) is 0 Å². The van der Waals surface area contributed by atoms with Crippen LogP contribution in [0.5, 0.6) is 0 Å². The molecule has 4 heterocycles. The van der Waals surface area contributed by atoms with E-state index in [4.69, 9.17) is 17.2 Å². The summed E-state index contributed by atoms with van der Waals surface area (Å²) in [4.78, 5) is 35.2. The minimum atomic E-state index is -0.162. The Balaban J connectivity index is 1.83. The number of nitrogens with zero attached hydrogens (tertiary/aromatic N) is 4. The normalized spacial score (nSPS) is 19.7. The largest absolute Gasteiger partial charge is 0.356 e. The fraction of sp³-hybridized carbons (Fsp3) is 0.429. The zero-order valence-electron chi connectivity index (χ0n) is 16.6. The first-order valence-electron chi connectivity index (χ1n) is 10.0. The molecule has 0 atom stereocenters. The molecule has 0 N–H and O–H groups in total. The predicted molar refractivity (Wildman–Crippen MR) is 122 cm³/mol. The summed E-state index contributed by atoms with van der Waals surface area (Å²) >= 11 is 6.64. The van der Waals surface area contributed by atoms with Crippen molar-refractivity contribution >= 4 is 51.7 Å². The highest BCUT2D eigenvalue weighted by Gasteiger charge is 2.32. The Morgan fingerprint density at radius 1 is 1.28 bits per heavy atom. The van der Waals surface area contributed by atoms with Gasteiger partial charge in [-0.2, -0.15) is 0 Å². The third-order valence-corrected chi connectivity index (χ3v) is 6.81. The number of thiocarbonyl (C=S) groups is 1. The topological polar surface area (TPSA) is 57.9 Å². The van der Waals surface area contributed by atoms with Gasteiger partial charge in [0.05, 0.1) is 10.5 Å². The average molecular weight is 429 g/mol. The van der Waals surface area contributed by atoms with E-state index in [1.54, 1.807) is 17.2 Å². The molecule has 8 heteroatoms. The summed E-state index contributed by atoms with van der Waals surface area (Å²) in [6.07, 6.45) is 6.36. The van der Waals surface area contributed by atoms with Crippen molar-refractivity contribution in [2.75, 3.05) is 24.5 Å². The molecule has 0 aromatic carbocycles. The van der Waals surface area contributed by atoms with Gasteiger partial charge in [0, 0.05) is 25.8 Å². The van der Waals surface area contributed by atoms with Crippen molar-refractivity contribution in [3.05, 3.63) is 45.2 Å². The van der Waals surface area contributed by atoms with Crippen molar-refractivity contribution in [3.8, 4) is 0 Å². The van der Waals surface area contributed by atoms with Gasteiger partial charge < -0.3 is 4.90 Å². The van der Waals surface area contributed by atoms with Crippen LogP contribution in [0.4, 0.5) is 5.82 Å². The van der Waals surface area contributed by atoms with Crippen LogP contribution in [-0.2, 0) is 4.79 Å². The molecule has 4 rings (SSSR count). The summed E-state index contributed by atoms with van der Waals surface area (Å²) < 4.78 is 2.08. The predicted octanol–water partition coefficient (Wildman–Crippen LogP) is 3.54. The molecule has 2 saturated heterocycles. The Labute approximate surface area is 179 Å². The van der Waals surface area contributed by atoms with Crippen LogP contribution >= 0.6 is 24.0 Å². The fourth-order valence-electron chi connectivity index (χ4n) is 3.73. The molecule has 1 amide bonds. The van der Waals surface area contributed by atoms with Gasteiger partial charge in [-0.3, -0.25) is 18.9 Å². The number of fused-ring (bicyclic) bond motifs is 1. The van der Waals surface area contributed by atoms with Crippen LogP contribution in [0.3, 0.4) is 0 Å². The lowest BCUT2D eigenvalue weighted by atomic mass is 9.99. The van der Waals surface area contributed by atoms with Gasteiger partial charge in [-0.15, -0.1) is 0 Å². The molecule has 0 unspecified atom stereocenters. The molecule has 2 aromatic heterocycles. The van der Waals surface area contributed by atoms with E-state index in [1.165, 1.54) is 16.2 Å². The number of hydrogen-bond acceptors (Lipinski definition) is 6. The molecule has 0 saturated carbocycles. The van der Waals surface area contributed by atoms with Crippen LogP contribution in [0.25, 0.3) is 11.7 Å². The molecule has 2 aliphatic rings. The molecule has 0 bridgehead atoms. The fourth-order valence-corrected chi connectivity index (χ4v) is 5.02. The quantitative estimate of drug-likeness (QED) is 0.548. The second-order valence-electron chi connectivity index (χ2n) is 7.59. The number of carbonyl (C=O) groups is 1. The maximum absolute atomic E-state index is 13.3. The SMILES string of the molecule is CCCN1C(=O)C(=Cc2c(N3CCC(C)CC3)nc3ccccn3c2=O)SC1=S. The van der Waals surface area contributed by atoms with Crippen LogP contribution in [0.15, 0.2) is 34.1 Å². The molecular formula is C21H24N4O2S2. The van der Waals surface area contributed by atoms with E-state index in [9.17, 15) is 9.59 Å². The standard InChI is InChI=1S/C21H24N4O2S2/c1-3-9-25-20(27)16(29-21(25)28)13-15-18(23-11-7-14(2)8-12-23)22-17-6-4-5-10-24(17)19(15)26/h4-6,10,13-14H,3,7-9,11-12H2,1-2H3. The highest BCUT2D eigenvalue weighted by molar-refractivity contribution is 8.26. The highest BCUT2D eigenvalue weighted by Crippen LogP contribution is 2.34. The first kappa shape index (κ1) is 20.1. The number of hydrogen-bond donors (Lipinski definition) is 0. The third kappa shape index (κ3) is 3.83. The molecule has 29 heavy (non-hydrogen) atoms. The highest BCUT2D eigenvalue weighted by atomic mass is 32.2. The van der Waals surface area contributed by atoms with Gasteiger partial charge in [0.15, 0.2) is 0 Å². The lowest BCUT2D eigenvalue weighted by Gasteiger charge is -2.32. The van der Waals surface area contributed by atoms with E-state index in [-0.39, 0.29) is 11.5 Å². The summed E-state index contributed by atoms with van der Waals surface area (Å²) in [5.74, 6) is 1.20. The van der Waals surface area contributed by atoms with Crippen molar-refractivity contribution in [2.24, 2.45) is 5.92 Å². The zero-order valence-corrected chi connectivity index (χ0v) is 18.3. The van der Waals surface area contributed by atoms with Crippen molar-refractivity contribution < 1.29 is 4.79 Å². The van der Waals surface area contributed by atoms with Crippen molar-refractivity contribution in [1.29, 1.82) is 0 Å². The molecule has 2 fully saturated rings. The average Bonchev–Trinajstić information content (AvgIpc) is 2.98. The second-order valence-corrected chi connectivity index (χ2v) is 9.26. The van der Waals surface area contributed by atoms with Gasteiger partial charge in [0.1, 0.15) is 15.8 Å². The maximum Gasteiger partial charge on any atom is 0.267 e. The molecule has 152 valence electrons.